The highest BCUT2D eigenvalue weighted by atomic mass is 16.6. The molecule has 1 saturated heterocycles. The normalized spacial score (nSPS) is 32.9. The summed E-state index contributed by atoms with van der Waals surface area (Å²) in [4.78, 5) is 17.6. The largest absolute Gasteiger partial charge is 0.393 e. The minimum absolute atomic E-state index is 0.0252. The summed E-state index contributed by atoms with van der Waals surface area (Å²) in [5, 5.41) is 32.2. The molecular weight excluding hydrogens is 272 g/mol. The van der Waals surface area contributed by atoms with Gasteiger partial charge in [-0.2, -0.15) is 4.98 Å². The Morgan fingerprint density at radius 1 is 1.65 bits per heavy atom. The summed E-state index contributed by atoms with van der Waals surface area (Å²) < 4.78 is 6.05. The van der Waals surface area contributed by atoms with E-state index >= 15 is 0 Å². The molecule has 5 N–H and O–H groups in total. The summed E-state index contributed by atoms with van der Waals surface area (Å²) in [6, 6.07) is 1.29. The van der Waals surface area contributed by atoms with Crippen molar-refractivity contribution in [3.8, 4) is 0 Å². The average molecular weight is 284 g/mol. The maximum Gasteiger partial charge on any atom is 0.351 e. The van der Waals surface area contributed by atoms with E-state index in [-0.39, 0.29) is 5.82 Å². The van der Waals surface area contributed by atoms with Crippen LogP contribution in [0.5, 0.6) is 0 Å². The summed E-state index contributed by atoms with van der Waals surface area (Å²) in [6.45, 7) is -0.872. The van der Waals surface area contributed by atoms with E-state index in [1.54, 1.807) is 0 Å². The van der Waals surface area contributed by atoms with Crippen molar-refractivity contribution < 1.29 is 20.1 Å². The van der Waals surface area contributed by atoms with Crippen LogP contribution in [0, 0.1) is 0 Å². The Hall–Kier alpha value is -2.17. The lowest BCUT2D eigenvalue weighted by atomic mass is 10.1. The van der Waals surface area contributed by atoms with Gasteiger partial charge < -0.3 is 25.8 Å². The van der Waals surface area contributed by atoms with Crippen LogP contribution in [0.2, 0.25) is 0 Å². The van der Waals surface area contributed by atoms with Gasteiger partial charge in [0.05, 0.1) is 6.61 Å². The molecule has 1 aromatic rings. The Kier molecular flexibility index (Phi) is 3.61. The summed E-state index contributed by atoms with van der Waals surface area (Å²) in [6.07, 6.45) is -3.48. The van der Waals surface area contributed by atoms with Gasteiger partial charge in [-0.15, -0.1) is 0 Å². The van der Waals surface area contributed by atoms with Gasteiger partial charge in [0, 0.05) is 11.1 Å². The van der Waals surface area contributed by atoms with Crippen molar-refractivity contribution in [3.63, 3.8) is 0 Å². The van der Waals surface area contributed by atoms with Crippen LogP contribution in [0.4, 0.5) is 5.82 Å². The third kappa shape index (κ3) is 2.09. The fourth-order valence-corrected chi connectivity index (χ4v) is 1.93. The molecule has 0 radical (unpaired) electrons. The van der Waals surface area contributed by atoms with Crippen LogP contribution in [0.25, 0.3) is 10.4 Å². The topological polar surface area (TPSA) is 180 Å². The third-order valence-corrected chi connectivity index (χ3v) is 2.97. The van der Waals surface area contributed by atoms with Crippen LogP contribution in [-0.2, 0) is 4.74 Å². The smallest absolute Gasteiger partial charge is 0.351 e. The van der Waals surface area contributed by atoms with Gasteiger partial charge in [-0.3, -0.25) is 4.57 Å². The summed E-state index contributed by atoms with van der Waals surface area (Å²) >= 11 is 0. The van der Waals surface area contributed by atoms with E-state index in [2.05, 4.69) is 15.0 Å². The van der Waals surface area contributed by atoms with Crippen molar-refractivity contribution in [3.05, 3.63) is 33.2 Å². The maximum absolute atomic E-state index is 11.7. The molecule has 0 bridgehead atoms. The zero-order chi connectivity index (χ0) is 14.9. The number of nitrogens with two attached hydrogens (primary N) is 1. The second-order valence-electron chi connectivity index (χ2n) is 4.18. The highest BCUT2D eigenvalue weighted by molar-refractivity contribution is 5.23. The number of nitrogens with zero attached hydrogens (tertiary/aromatic N) is 5. The lowest BCUT2D eigenvalue weighted by molar-refractivity contribution is -0.125. The average Bonchev–Trinajstić information content (AvgIpc) is 2.65. The number of nitrogen functional groups attached to an aromatic ring is 1. The molecule has 1 aromatic heterocycles. The number of aromatic nitrogens is 2. The molecule has 11 nitrogen and oxygen atoms in total. The monoisotopic (exact) mass is 284 g/mol. The van der Waals surface area contributed by atoms with Crippen LogP contribution in [0.3, 0.4) is 0 Å². The first-order valence-corrected chi connectivity index (χ1v) is 5.51. The molecule has 11 heteroatoms. The molecular formula is C9H12N6O5. The molecule has 4 atom stereocenters. The SMILES string of the molecule is [N-]=[N+]=NC1(CO)O[C@@H](n2ccc(N)nc2=O)[C@@H](O)[C@@H]1O. The van der Waals surface area contributed by atoms with Crippen LogP contribution >= 0.6 is 0 Å². The number of hydrogen-bond acceptors (Lipinski definition) is 8. The first kappa shape index (κ1) is 14.2. The second-order valence-corrected chi connectivity index (χ2v) is 4.18. The Bertz CT molecular complexity index is 613. The van der Waals surface area contributed by atoms with Gasteiger partial charge >= 0.3 is 5.69 Å². The molecule has 2 heterocycles. The highest BCUT2D eigenvalue weighted by Gasteiger charge is 2.54. The van der Waals surface area contributed by atoms with E-state index in [1.807, 2.05) is 0 Å². The summed E-state index contributed by atoms with van der Waals surface area (Å²) in [7, 11) is 0. The Morgan fingerprint density at radius 3 is 2.90 bits per heavy atom. The standard InChI is InChI=1S/C9H12N6O5/c10-4-1-2-15(8(19)12-4)7-5(17)6(18)9(3-16,20-7)13-14-11/h1-2,5-7,16-18H,3H2,(H2,10,12,19)/t5-,6-,7+,9?/m0/s1. The number of aliphatic hydroxyl groups excluding tert-OH is 3. The molecule has 0 saturated carbocycles. The van der Waals surface area contributed by atoms with E-state index in [9.17, 15) is 20.1 Å². The zero-order valence-corrected chi connectivity index (χ0v) is 10.1. The minimum Gasteiger partial charge on any atom is -0.393 e. The number of ether oxygens (including phenoxy) is 1. The second kappa shape index (κ2) is 5.07. The van der Waals surface area contributed by atoms with Gasteiger partial charge in [0.2, 0.25) is 5.72 Å². The molecule has 0 spiro atoms. The molecule has 1 unspecified atom stereocenters. The molecule has 108 valence electrons. The Balaban J connectivity index is 2.45. The first-order chi connectivity index (χ1) is 9.45. The van der Waals surface area contributed by atoms with E-state index in [1.165, 1.54) is 12.3 Å². The zero-order valence-electron chi connectivity index (χ0n) is 10.1. The van der Waals surface area contributed by atoms with Crippen LogP contribution < -0.4 is 11.4 Å². The summed E-state index contributed by atoms with van der Waals surface area (Å²) in [5.41, 5.74) is 10.9. The summed E-state index contributed by atoms with van der Waals surface area (Å²) in [5.74, 6) is -0.0252. The molecule has 1 aliphatic rings. The first-order valence-electron chi connectivity index (χ1n) is 5.51. The molecule has 2 rings (SSSR count). The van der Waals surface area contributed by atoms with Crippen molar-refractivity contribution >= 4 is 5.82 Å². The number of rotatable bonds is 3. The van der Waals surface area contributed by atoms with E-state index < -0.39 is 36.5 Å². The fraction of sp³-hybridized carbons (Fsp3) is 0.556. The molecule has 0 aliphatic carbocycles. The van der Waals surface area contributed by atoms with E-state index in [0.29, 0.717) is 0 Å². The van der Waals surface area contributed by atoms with Crippen molar-refractivity contribution in [1.29, 1.82) is 0 Å². The van der Waals surface area contributed by atoms with Gasteiger partial charge in [0.25, 0.3) is 0 Å². The van der Waals surface area contributed by atoms with Gasteiger partial charge in [-0.1, -0.05) is 5.11 Å². The Labute approximate surface area is 111 Å². The number of aliphatic hydroxyl groups is 3. The fourth-order valence-electron chi connectivity index (χ4n) is 1.93. The van der Waals surface area contributed by atoms with Crippen molar-refractivity contribution in [1.82, 2.24) is 9.55 Å². The van der Waals surface area contributed by atoms with Gasteiger partial charge in [0.1, 0.15) is 18.0 Å². The van der Waals surface area contributed by atoms with Gasteiger partial charge in [-0.25, -0.2) is 4.79 Å². The van der Waals surface area contributed by atoms with Crippen molar-refractivity contribution in [2.24, 2.45) is 5.11 Å². The molecule has 20 heavy (non-hydrogen) atoms. The maximum atomic E-state index is 11.7. The van der Waals surface area contributed by atoms with Crippen LogP contribution in [-0.4, -0.2) is 49.4 Å². The van der Waals surface area contributed by atoms with Gasteiger partial charge in [0.15, 0.2) is 6.23 Å². The molecule has 0 aromatic carbocycles. The third-order valence-electron chi connectivity index (χ3n) is 2.97. The lowest BCUT2D eigenvalue weighted by Crippen LogP contribution is -2.44. The van der Waals surface area contributed by atoms with Crippen LogP contribution in [0.1, 0.15) is 6.23 Å². The predicted molar refractivity (Wildman–Crippen MR) is 64.0 cm³/mol. The predicted octanol–water partition coefficient (Wildman–Crippen LogP) is -1.92. The highest BCUT2D eigenvalue weighted by Crippen LogP contribution is 2.37. The van der Waals surface area contributed by atoms with E-state index in [4.69, 9.17) is 16.0 Å². The van der Waals surface area contributed by atoms with Crippen LogP contribution in [0.15, 0.2) is 22.2 Å². The Morgan fingerprint density at radius 2 is 2.35 bits per heavy atom. The molecule has 1 fully saturated rings. The van der Waals surface area contributed by atoms with Crippen molar-refractivity contribution in [2.45, 2.75) is 24.2 Å². The number of hydrogen-bond donors (Lipinski definition) is 4. The minimum atomic E-state index is -2.07. The quantitative estimate of drug-likeness (QED) is 0.283. The number of anilines is 1. The van der Waals surface area contributed by atoms with Crippen molar-refractivity contribution in [2.75, 3.05) is 12.3 Å². The molecule has 1 aliphatic heterocycles. The van der Waals surface area contributed by atoms with Gasteiger partial charge in [-0.05, 0) is 11.6 Å². The number of azide groups is 1. The lowest BCUT2D eigenvalue weighted by Gasteiger charge is -2.23. The molecule has 0 amide bonds. The van der Waals surface area contributed by atoms with E-state index in [0.717, 1.165) is 4.57 Å².